The molecule has 0 radical (unpaired) electrons. The first kappa shape index (κ1) is 11.1. The molecule has 0 aliphatic carbocycles. The molecular formula is C11H15N3OS. The third kappa shape index (κ3) is 2.24. The highest BCUT2D eigenvalue weighted by Crippen LogP contribution is 2.16. The van der Waals surface area contributed by atoms with E-state index in [1.807, 2.05) is 17.5 Å². The summed E-state index contributed by atoms with van der Waals surface area (Å²) in [4.78, 5) is 18.0. The molecule has 0 atom stereocenters. The first-order chi connectivity index (χ1) is 7.70. The summed E-state index contributed by atoms with van der Waals surface area (Å²) < 4.78 is 1.90. The number of carbonyl (C=O) groups excluding carboxylic acids is 1. The van der Waals surface area contributed by atoms with Crippen molar-refractivity contribution in [1.29, 1.82) is 0 Å². The van der Waals surface area contributed by atoms with Crippen LogP contribution in [0.25, 0.3) is 4.96 Å². The van der Waals surface area contributed by atoms with Gasteiger partial charge in [0.05, 0.1) is 0 Å². The third-order valence-electron chi connectivity index (χ3n) is 2.32. The van der Waals surface area contributed by atoms with E-state index in [4.69, 9.17) is 0 Å². The van der Waals surface area contributed by atoms with E-state index in [1.54, 1.807) is 17.5 Å². The summed E-state index contributed by atoms with van der Waals surface area (Å²) in [6.07, 6.45) is 5.85. The Balaban J connectivity index is 2.08. The van der Waals surface area contributed by atoms with Crippen molar-refractivity contribution in [2.24, 2.45) is 0 Å². The normalized spacial score (nSPS) is 10.9. The molecule has 0 aliphatic heterocycles. The van der Waals surface area contributed by atoms with E-state index in [-0.39, 0.29) is 5.91 Å². The molecule has 1 amide bonds. The molecule has 0 saturated carbocycles. The Morgan fingerprint density at radius 2 is 2.38 bits per heavy atom. The van der Waals surface area contributed by atoms with Crippen LogP contribution in [0.1, 0.15) is 35.1 Å². The molecule has 0 spiro atoms. The molecule has 4 nitrogen and oxygen atoms in total. The topological polar surface area (TPSA) is 46.4 Å². The Kier molecular flexibility index (Phi) is 3.24. The number of thiazole rings is 1. The van der Waals surface area contributed by atoms with Gasteiger partial charge in [0.1, 0.15) is 5.69 Å². The fourth-order valence-electron chi connectivity index (χ4n) is 1.49. The predicted molar refractivity (Wildman–Crippen MR) is 65.0 cm³/mol. The van der Waals surface area contributed by atoms with Crippen molar-refractivity contribution in [1.82, 2.24) is 14.7 Å². The SMILES string of the molecule is CCCCNC(=O)c1cn2cc(C)sc2n1. The number of rotatable bonds is 4. The number of fused-ring (bicyclic) bond motifs is 1. The van der Waals surface area contributed by atoms with Crippen molar-refractivity contribution >= 4 is 22.2 Å². The lowest BCUT2D eigenvalue weighted by atomic mass is 10.3. The summed E-state index contributed by atoms with van der Waals surface area (Å²) in [6.45, 7) is 4.85. The van der Waals surface area contributed by atoms with Crippen LogP contribution >= 0.6 is 11.3 Å². The highest BCUT2D eigenvalue weighted by Gasteiger charge is 2.11. The molecule has 5 heteroatoms. The van der Waals surface area contributed by atoms with Crippen LogP contribution in [0.3, 0.4) is 0 Å². The summed E-state index contributed by atoms with van der Waals surface area (Å²) in [5.74, 6) is -0.0815. The first-order valence-electron chi connectivity index (χ1n) is 5.44. The molecule has 0 saturated heterocycles. The van der Waals surface area contributed by atoms with Gasteiger partial charge >= 0.3 is 0 Å². The van der Waals surface area contributed by atoms with Gasteiger partial charge in [0.25, 0.3) is 5.91 Å². The molecule has 0 unspecified atom stereocenters. The van der Waals surface area contributed by atoms with Crippen LogP contribution in [0.5, 0.6) is 0 Å². The number of hydrogen-bond acceptors (Lipinski definition) is 3. The van der Waals surface area contributed by atoms with Crippen LogP contribution < -0.4 is 5.32 Å². The number of hydrogen-bond donors (Lipinski definition) is 1. The van der Waals surface area contributed by atoms with Gasteiger partial charge in [0.2, 0.25) is 0 Å². The summed E-state index contributed by atoms with van der Waals surface area (Å²) in [6, 6.07) is 0. The van der Waals surface area contributed by atoms with Crippen molar-refractivity contribution < 1.29 is 4.79 Å². The van der Waals surface area contributed by atoms with E-state index >= 15 is 0 Å². The zero-order chi connectivity index (χ0) is 11.5. The van der Waals surface area contributed by atoms with Crippen molar-refractivity contribution in [3.05, 3.63) is 23.0 Å². The Morgan fingerprint density at radius 1 is 1.56 bits per heavy atom. The molecule has 0 fully saturated rings. The summed E-state index contributed by atoms with van der Waals surface area (Å²) in [7, 11) is 0. The predicted octanol–water partition coefficient (Wildman–Crippen LogP) is 2.23. The maximum Gasteiger partial charge on any atom is 0.271 e. The largest absolute Gasteiger partial charge is 0.351 e. The average molecular weight is 237 g/mol. The number of aryl methyl sites for hydroxylation is 1. The number of aromatic nitrogens is 2. The Hall–Kier alpha value is -1.36. The molecule has 86 valence electrons. The maximum absolute atomic E-state index is 11.7. The van der Waals surface area contributed by atoms with Gasteiger partial charge in [-0.2, -0.15) is 0 Å². The monoisotopic (exact) mass is 237 g/mol. The molecule has 0 aromatic carbocycles. The Labute approximate surface area is 98.3 Å². The molecule has 2 heterocycles. The minimum absolute atomic E-state index is 0.0815. The van der Waals surface area contributed by atoms with Gasteiger partial charge in [-0.15, -0.1) is 11.3 Å². The number of nitrogens with one attached hydrogen (secondary N) is 1. The number of unbranched alkanes of at least 4 members (excludes halogenated alkanes) is 1. The second kappa shape index (κ2) is 4.65. The fourth-order valence-corrected chi connectivity index (χ4v) is 2.30. The molecule has 16 heavy (non-hydrogen) atoms. The Bertz CT molecular complexity index is 469. The maximum atomic E-state index is 11.7. The zero-order valence-corrected chi connectivity index (χ0v) is 10.3. The lowest BCUT2D eigenvalue weighted by Gasteiger charge is -2.00. The van der Waals surface area contributed by atoms with Crippen LogP contribution in [0.4, 0.5) is 0 Å². The second-order valence-corrected chi connectivity index (χ2v) is 4.98. The molecule has 2 aromatic heterocycles. The van der Waals surface area contributed by atoms with Gasteiger partial charge in [-0.1, -0.05) is 13.3 Å². The van der Waals surface area contributed by atoms with E-state index in [0.29, 0.717) is 5.69 Å². The van der Waals surface area contributed by atoms with E-state index in [0.717, 1.165) is 24.3 Å². The summed E-state index contributed by atoms with van der Waals surface area (Å²) in [5.41, 5.74) is 0.502. The van der Waals surface area contributed by atoms with Gasteiger partial charge in [-0.3, -0.25) is 9.20 Å². The summed E-state index contributed by atoms with van der Waals surface area (Å²) in [5, 5.41) is 2.86. The van der Waals surface area contributed by atoms with Gasteiger partial charge in [-0.05, 0) is 13.3 Å². The highest BCUT2D eigenvalue weighted by atomic mass is 32.1. The van der Waals surface area contributed by atoms with Crippen LogP contribution in [0.15, 0.2) is 12.4 Å². The van der Waals surface area contributed by atoms with Crippen molar-refractivity contribution in [3.8, 4) is 0 Å². The van der Waals surface area contributed by atoms with E-state index in [2.05, 4.69) is 17.2 Å². The van der Waals surface area contributed by atoms with Gasteiger partial charge < -0.3 is 5.32 Å². The van der Waals surface area contributed by atoms with Gasteiger partial charge in [0, 0.05) is 23.8 Å². The van der Waals surface area contributed by atoms with Crippen LogP contribution in [-0.4, -0.2) is 21.8 Å². The van der Waals surface area contributed by atoms with E-state index in [1.165, 1.54) is 4.88 Å². The van der Waals surface area contributed by atoms with Gasteiger partial charge in [-0.25, -0.2) is 4.98 Å². The number of carbonyl (C=O) groups is 1. The second-order valence-electron chi connectivity index (χ2n) is 3.77. The fraction of sp³-hybridized carbons (Fsp3) is 0.455. The molecule has 0 aliphatic rings. The molecule has 1 N–H and O–H groups in total. The van der Waals surface area contributed by atoms with Crippen molar-refractivity contribution in [2.45, 2.75) is 26.7 Å². The highest BCUT2D eigenvalue weighted by molar-refractivity contribution is 7.17. The van der Waals surface area contributed by atoms with E-state index in [9.17, 15) is 4.79 Å². The zero-order valence-electron chi connectivity index (χ0n) is 9.49. The lowest BCUT2D eigenvalue weighted by molar-refractivity contribution is 0.0949. The van der Waals surface area contributed by atoms with Crippen molar-refractivity contribution in [2.75, 3.05) is 6.54 Å². The molecule has 0 bridgehead atoms. The standard InChI is InChI=1S/C11H15N3OS/c1-3-4-5-12-10(15)9-7-14-6-8(2)16-11(14)13-9/h6-7H,3-5H2,1-2H3,(H,12,15). The number of amides is 1. The van der Waals surface area contributed by atoms with Crippen molar-refractivity contribution in [3.63, 3.8) is 0 Å². The minimum Gasteiger partial charge on any atom is -0.351 e. The smallest absolute Gasteiger partial charge is 0.271 e. The number of imidazole rings is 1. The van der Waals surface area contributed by atoms with Crippen LogP contribution in [0.2, 0.25) is 0 Å². The quantitative estimate of drug-likeness (QED) is 0.829. The van der Waals surface area contributed by atoms with E-state index < -0.39 is 0 Å². The number of nitrogens with zero attached hydrogens (tertiary/aromatic N) is 2. The molecule has 2 aromatic rings. The minimum atomic E-state index is -0.0815. The van der Waals surface area contributed by atoms with Crippen LogP contribution in [0, 0.1) is 6.92 Å². The third-order valence-corrected chi connectivity index (χ3v) is 3.23. The lowest BCUT2D eigenvalue weighted by Crippen LogP contribution is -2.24. The van der Waals surface area contributed by atoms with Gasteiger partial charge in [0.15, 0.2) is 4.96 Å². The summed E-state index contributed by atoms with van der Waals surface area (Å²) >= 11 is 1.59. The first-order valence-corrected chi connectivity index (χ1v) is 6.25. The van der Waals surface area contributed by atoms with Crippen LogP contribution in [-0.2, 0) is 0 Å². The molecule has 2 rings (SSSR count). The Morgan fingerprint density at radius 3 is 3.06 bits per heavy atom. The molecular weight excluding hydrogens is 222 g/mol. The average Bonchev–Trinajstić information content (AvgIpc) is 2.74.